The smallest absolute Gasteiger partial charge is 0.310 e. The standard InChI is InChI=1S/C19H27NO3/c1-22-17-9-7-15(8-10-17)13-19(21)23-14-16-5-4-12-20-11-3-2-6-18(16)20/h7-10,16,18H,2-6,11-14H2,1H3. The predicted molar refractivity (Wildman–Crippen MR) is 89.6 cm³/mol. The van der Waals surface area contributed by atoms with Crippen molar-refractivity contribution in [2.45, 2.75) is 44.6 Å². The van der Waals surface area contributed by atoms with Gasteiger partial charge in [0.1, 0.15) is 5.75 Å². The zero-order valence-electron chi connectivity index (χ0n) is 14.0. The number of carbonyl (C=O) groups excluding carboxylic acids is 1. The molecule has 1 aromatic carbocycles. The monoisotopic (exact) mass is 317 g/mol. The van der Waals surface area contributed by atoms with E-state index in [0.29, 0.717) is 25.0 Å². The van der Waals surface area contributed by atoms with Gasteiger partial charge in [0.25, 0.3) is 0 Å². The quantitative estimate of drug-likeness (QED) is 0.783. The van der Waals surface area contributed by atoms with Gasteiger partial charge < -0.3 is 9.47 Å². The summed E-state index contributed by atoms with van der Waals surface area (Å²) in [5, 5.41) is 0. The molecule has 2 fully saturated rings. The highest BCUT2D eigenvalue weighted by atomic mass is 16.5. The molecule has 2 heterocycles. The summed E-state index contributed by atoms with van der Waals surface area (Å²) >= 11 is 0. The lowest BCUT2D eigenvalue weighted by molar-refractivity contribution is -0.145. The van der Waals surface area contributed by atoms with Crippen LogP contribution >= 0.6 is 0 Å². The molecule has 2 unspecified atom stereocenters. The van der Waals surface area contributed by atoms with Gasteiger partial charge in [-0.1, -0.05) is 18.6 Å². The Morgan fingerprint density at radius 2 is 1.91 bits per heavy atom. The fraction of sp³-hybridized carbons (Fsp3) is 0.632. The van der Waals surface area contributed by atoms with Crippen LogP contribution < -0.4 is 4.74 Å². The van der Waals surface area contributed by atoms with E-state index in [-0.39, 0.29) is 5.97 Å². The molecule has 2 saturated heterocycles. The summed E-state index contributed by atoms with van der Waals surface area (Å²) in [7, 11) is 1.64. The number of hydrogen-bond acceptors (Lipinski definition) is 4. The van der Waals surface area contributed by atoms with E-state index in [2.05, 4.69) is 4.90 Å². The number of ether oxygens (including phenoxy) is 2. The van der Waals surface area contributed by atoms with Crippen molar-refractivity contribution in [2.75, 3.05) is 26.8 Å². The van der Waals surface area contributed by atoms with Gasteiger partial charge in [-0.25, -0.2) is 0 Å². The number of nitrogens with zero attached hydrogens (tertiary/aromatic N) is 1. The van der Waals surface area contributed by atoms with Crippen LogP contribution in [0.4, 0.5) is 0 Å². The van der Waals surface area contributed by atoms with Crippen LogP contribution in [0.1, 0.15) is 37.7 Å². The third kappa shape index (κ3) is 4.25. The highest BCUT2D eigenvalue weighted by Crippen LogP contribution is 2.31. The van der Waals surface area contributed by atoms with Gasteiger partial charge in [0, 0.05) is 12.0 Å². The minimum absolute atomic E-state index is 0.122. The summed E-state index contributed by atoms with van der Waals surface area (Å²) in [6.45, 7) is 3.03. The third-order valence-corrected chi connectivity index (χ3v) is 5.19. The lowest BCUT2D eigenvalue weighted by Gasteiger charge is -2.44. The van der Waals surface area contributed by atoms with Crippen LogP contribution in [0.15, 0.2) is 24.3 Å². The van der Waals surface area contributed by atoms with Crippen molar-refractivity contribution < 1.29 is 14.3 Å². The minimum Gasteiger partial charge on any atom is -0.497 e. The Bertz CT molecular complexity index is 512. The maximum atomic E-state index is 12.1. The first-order valence-corrected chi connectivity index (χ1v) is 8.79. The van der Waals surface area contributed by atoms with E-state index in [9.17, 15) is 4.79 Å². The number of esters is 1. The summed E-state index contributed by atoms with van der Waals surface area (Å²) in [4.78, 5) is 14.7. The van der Waals surface area contributed by atoms with E-state index in [1.807, 2.05) is 24.3 Å². The fourth-order valence-corrected chi connectivity index (χ4v) is 3.93. The average molecular weight is 317 g/mol. The van der Waals surface area contributed by atoms with Gasteiger partial charge >= 0.3 is 5.97 Å². The van der Waals surface area contributed by atoms with E-state index < -0.39 is 0 Å². The van der Waals surface area contributed by atoms with Crippen LogP contribution in [0, 0.1) is 5.92 Å². The molecule has 0 saturated carbocycles. The molecule has 3 rings (SSSR count). The molecule has 4 nitrogen and oxygen atoms in total. The Balaban J connectivity index is 1.47. The van der Waals surface area contributed by atoms with Gasteiger partial charge in [-0.15, -0.1) is 0 Å². The van der Waals surface area contributed by atoms with Gasteiger partial charge in [0.05, 0.1) is 20.1 Å². The fourth-order valence-electron chi connectivity index (χ4n) is 3.93. The van der Waals surface area contributed by atoms with Gasteiger partial charge in [-0.3, -0.25) is 9.69 Å². The molecule has 2 atom stereocenters. The molecular formula is C19H27NO3. The molecule has 0 radical (unpaired) electrons. The number of benzene rings is 1. The van der Waals surface area contributed by atoms with Crippen molar-refractivity contribution in [1.29, 1.82) is 0 Å². The molecule has 0 N–H and O–H groups in total. The number of methoxy groups -OCH3 is 1. The lowest BCUT2D eigenvalue weighted by atomic mass is 9.84. The molecule has 0 bridgehead atoms. The highest BCUT2D eigenvalue weighted by Gasteiger charge is 2.33. The van der Waals surface area contributed by atoms with Crippen molar-refractivity contribution in [3.8, 4) is 5.75 Å². The van der Waals surface area contributed by atoms with Gasteiger partial charge in [-0.2, -0.15) is 0 Å². The summed E-state index contributed by atoms with van der Waals surface area (Å²) in [5.74, 6) is 1.20. The van der Waals surface area contributed by atoms with Crippen molar-refractivity contribution in [2.24, 2.45) is 5.92 Å². The van der Waals surface area contributed by atoms with Gasteiger partial charge in [0.2, 0.25) is 0 Å². The Hall–Kier alpha value is -1.55. The topological polar surface area (TPSA) is 38.8 Å². The molecule has 126 valence electrons. The Kier molecular flexibility index (Phi) is 5.55. The minimum atomic E-state index is -0.122. The number of rotatable bonds is 5. The maximum Gasteiger partial charge on any atom is 0.310 e. The van der Waals surface area contributed by atoms with E-state index in [0.717, 1.165) is 11.3 Å². The van der Waals surface area contributed by atoms with Gasteiger partial charge in [-0.05, 0) is 56.5 Å². The largest absolute Gasteiger partial charge is 0.497 e. The molecule has 4 heteroatoms. The van der Waals surface area contributed by atoms with Crippen LogP contribution in [0.5, 0.6) is 5.75 Å². The van der Waals surface area contributed by atoms with Crippen molar-refractivity contribution in [1.82, 2.24) is 4.90 Å². The van der Waals surface area contributed by atoms with Crippen LogP contribution in [-0.4, -0.2) is 43.7 Å². The number of fused-ring (bicyclic) bond motifs is 1. The zero-order chi connectivity index (χ0) is 16.1. The first-order chi connectivity index (χ1) is 11.3. The number of piperidine rings is 2. The van der Waals surface area contributed by atoms with Crippen LogP contribution in [0.3, 0.4) is 0 Å². The Morgan fingerprint density at radius 1 is 1.13 bits per heavy atom. The molecule has 0 aliphatic carbocycles. The molecule has 1 aromatic rings. The van der Waals surface area contributed by atoms with Crippen LogP contribution in [0.25, 0.3) is 0 Å². The highest BCUT2D eigenvalue weighted by molar-refractivity contribution is 5.72. The summed E-state index contributed by atoms with van der Waals surface area (Å²) in [5.41, 5.74) is 0.971. The molecule has 2 aliphatic rings. The molecule has 0 amide bonds. The molecule has 0 aromatic heterocycles. The normalized spacial score (nSPS) is 24.7. The first-order valence-electron chi connectivity index (χ1n) is 8.79. The summed E-state index contributed by atoms with van der Waals surface area (Å²) < 4.78 is 10.7. The van der Waals surface area contributed by atoms with Crippen molar-refractivity contribution in [3.63, 3.8) is 0 Å². The third-order valence-electron chi connectivity index (χ3n) is 5.19. The number of carbonyl (C=O) groups is 1. The summed E-state index contributed by atoms with van der Waals surface area (Å²) in [6.07, 6.45) is 6.66. The second-order valence-electron chi connectivity index (χ2n) is 6.71. The van der Waals surface area contributed by atoms with Crippen molar-refractivity contribution in [3.05, 3.63) is 29.8 Å². The van der Waals surface area contributed by atoms with Crippen molar-refractivity contribution >= 4 is 5.97 Å². The van der Waals surface area contributed by atoms with E-state index >= 15 is 0 Å². The molecule has 2 aliphatic heterocycles. The van der Waals surface area contributed by atoms with Gasteiger partial charge in [0.15, 0.2) is 0 Å². The second-order valence-corrected chi connectivity index (χ2v) is 6.71. The van der Waals surface area contributed by atoms with E-state index in [1.165, 1.54) is 45.2 Å². The Labute approximate surface area is 138 Å². The van der Waals surface area contributed by atoms with Crippen LogP contribution in [0.2, 0.25) is 0 Å². The SMILES string of the molecule is COc1ccc(CC(=O)OCC2CCCN3CCCCC23)cc1. The molecular weight excluding hydrogens is 290 g/mol. The van der Waals surface area contributed by atoms with E-state index in [1.54, 1.807) is 7.11 Å². The Morgan fingerprint density at radius 3 is 2.70 bits per heavy atom. The predicted octanol–water partition coefficient (Wildman–Crippen LogP) is 3.05. The van der Waals surface area contributed by atoms with Crippen LogP contribution in [-0.2, 0) is 16.0 Å². The zero-order valence-corrected chi connectivity index (χ0v) is 14.0. The maximum absolute atomic E-state index is 12.1. The number of hydrogen-bond donors (Lipinski definition) is 0. The summed E-state index contributed by atoms with van der Waals surface area (Å²) in [6, 6.07) is 8.23. The second kappa shape index (κ2) is 7.82. The first kappa shape index (κ1) is 16.3. The molecule has 23 heavy (non-hydrogen) atoms. The average Bonchev–Trinajstić information content (AvgIpc) is 2.60. The molecule has 0 spiro atoms. The lowest BCUT2D eigenvalue weighted by Crippen LogP contribution is -2.49. The van der Waals surface area contributed by atoms with E-state index in [4.69, 9.17) is 9.47 Å².